The van der Waals surface area contributed by atoms with Crippen LogP contribution in [-0.4, -0.2) is 30.0 Å². The van der Waals surface area contributed by atoms with Crippen LogP contribution in [0.25, 0.3) is 10.8 Å². The van der Waals surface area contributed by atoms with Crippen LogP contribution < -0.4 is 10.2 Å². The van der Waals surface area contributed by atoms with E-state index in [4.69, 9.17) is 23.2 Å². The summed E-state index contributed by atoms with van der Waals surface area (Å²) < 4.78 is 0. The zero-order chi connectivity index (χ0) is 18.8. The van der Waals surface area contributed by atoms with Crippen LogP contribution in [0.5, 0.6) is 0 Å². The predicted octanol–water partition coefficient (Wildman–Crippen LogP) is 4.94. The minimum atomic E-state index is -0.0751. The predicted molar refractivity (Wildman–Crippen MR) is 111 cm³/mol. The maximum absolute atomic E-state index is 12.4. The van der Waals surface area contributed by atoms with Crippen LogP contribution >= 0.6 is 23.2 Å². The number of nitrogens with one attached hydrogen (secondary N) is 1. The number of halogens is 2. The van der Waals surface area contributed by atoms with Gasteiger partial charge in [-0.05, 0) is 60.7 Å². The molecule has 4 nitrogen and oxygen atoms in total. The molecule has 27 heavy (non-hydrogen) atoms. The summed E-state index contributed by atoms with van der Waals surface area (Å²) in [5.74, 6) is 0.901. The smallest absolute Gasteiger partial charge is 0.251 e. The monoisotopic (exact) mass is 399 g/mol. The first-order valence-corrected chi connectivity index (χ1v) is 9.71. The number of anilines is 1. The van der Waals surface area contributed by atoms with E-state index in [0.29, 0.717) is 10.6 Å². The number of amides is 1. The molecule has 1 aliphatic heterocycles. The second-order valence-corrected chi connectivity index (χ2v) is 7.62. The first kappa shape index (κ1) is 18.1. The second kappa shape index (κ2) is 7.75. The van der Waals surface area contributed by atoms with Crippen molar-refractivity contribution in [3.63, 3.8) is 0 Å². The molecular weight excluding hydrogens is 381 g/mol. The number of benzene rings is 2. The number of carbonyl (C=O) groups is 1. The highest BCUT2D eigenvalue weighted by Crippen LogP contribution is 2.28. The van der Waals surface area contributed by atoms with E-state index in [0.717, 1.165) is 47.5 Å². The number of fused-ring (bicyclic) bond motifs is 1. The zero-order valence-electron chi connectivity index (χ0n) is 14.7. The Morgan fingerprint density at radius 1 is 1.04 bits per heavy atom. The highest BCUT2D eigenvalue weighted by atomic mass is 35.5. The molecule has 1 fully saturated rings. The van der Waals surface area contributed by atoms with Gasteiger partial charge in [0, 0.05) is 46.3 Å². The van der Waals surface area contributed by atoms with E-state index < -0.39 is 0 Å². The molecule has 1 aliphatic rings. The van der Waals surface area contributed by atoms with Gasteiger partial charge in [0.25, 0.3) is 5.91 Å². The summed E-state index contributed by atoms with van der Waals surface area (Å²) in [5.41, 5.74) is 0.595. The van der Waals surface area contributed by atoms with Gasteiger partial charge in [0.15, 0.2) is 0 Å². The lowest BCUT2D eigenvalue weighted by molar-refractivity contribution is 0.0931. The summed E-state index contributed by atoms with van der Waals surface area (Å²) in [6, 6.07) is 15.0. The number of aromatic nitrogens is 1. The van der Waals surface area contributed by atoms with Gasteiger partial charge in [-0.25, -0.2) is 4.98 Å². The molecule has 1 saturated heterocycles. The van der Waals surface area contributed by atoms with Gasteiger partial charge in [-0.3, -0.25) is 4.79 Å². The number of hydrogen-bond acceptors (Lipinski definition) is 3. The molecule has 1 amide bonds. The second-order valence-electron chi connectivity index (χ2n) is 6.75. The maximum Gasteiger partial charge on any atom is 0.251 e. The Bertz CT molecular complexity index is 984. The van der Waals surface area contributed by atoms with Crippen molar-refractivity contribution in [2.24, 2.45) is 0 Å². The molecule has 0 saturated carbocycles. The van der Waals surface area contributed by atoms with Crippen LogP contribution in [0.2, 0.25) is 10.0 Å². The number of carbonyl (C=O) groups excluding carboxylic acids is 1. The Hall–Kier alpha value is -2.30. The lowest BCUT2D eigenvalue weighted by atomic mass is 10.0. The molecule has 6 heteroatoms. The van der Waals surface area contributed by atoms with E-state index in [2.05, 4.69) is 15.2 Å². The number of rotatable bonds is 3. The van der Waals surface area contributed by atoms with Crippen LogP contribution in [-0.2, 0) is 0 Å². The van der Waals surface area contributed by atoms with Crippen molar-refractivity contribution in [3.8, 4) is 0 Å². The highest BCUT2D eigenvalue weighted by molar-refractivity contribution is 6.31. The fourth-order valence-corrected chi connectivity index (χ4v) is 3.89. The van der Waals surface area contributed by atoms with Gasteiger partial charge in [0.1, 0.15) is 5.82 Å². The molecule has 0 spiro atoms. The molecule has 2 aromatic carbocycles. The van der Waals surface area contributed by atoms with Crippen molar-refractivity contribution < 1.29 is 4.79 Å². The molecule has 0 atom stereocenters. The van der Waals surface area contributed by atoms with Gasteiger partial charge in [0.05, 0.1) is 0 Å². The molecule has 0 unspecified atom stereocenters. The van der Waals surface area contributed by atoms with Crippen molar-refractivity contribution in [2.75, 3.05) is 18.0 Å². The number of nitrogens with zero attached hydrogens (tertiary/aromatic N) is 2. The Morgan fingerprint density at radius 3 is 2.59 bits per heavy atom. The summed E-state index contributed by atoms with van der Waals surface area (Å²) in [6.07, 6.45) is 3.57. The van der Waals surface area contributed by atoms with E-state index in [1.807, 2.05) is 30.5 Å². The average molecular weight is 400 g/mol. The van der Waals surface area contributed by atoms with E-state index in [9.17, 15) is 4.79 Å². The number of hydrogen-bond donors (Lipinski definition) is 1. The molecule has 3 aromatic rings. The molecule has 4 rings (SSSR count). The fraction of sp³-hybridized carbons (Fsp3) is 0.238. The van der Waals surface area contributed by atoms with E-state index in [1.54, 1.807) is 24.3 Å². The van der Waals surface area contributed by atoms with Crippen molar-refractivity contribution in [1.82, 2.24) is 10.3 Å². The van der Waals surface area contributed by atoms with Crippen molar-refractivity contribution in [3.05, 3.63) is 70.3 Å². The first-order chi connectivity index (χ1) is 13.1. The maximum atomic E-state index is 12.4. The summed E-state index contributed by atoms with van der Waals surface area (Å²) >= 11 is 12.1. The molecule has 1 N–H and O–H groups in total. The van der Waals surface area contributed by atoms with Crippen LogP contribution in [0.3, 0.4) is 0 Å². The summed E-state index contributed by atoms with van der Waals surface area (Å²) in [5, 5.41) is 6.60. The van der Waals surface area contributed by atoms with E-state index >= 15 is 0 Å². The van der Waals surface area contributed by atoms with Gasteiger partial charge in [0.2, 0.25) is 0 Å². The molecule has 138 valence electrons. The third-order valence-electron chi connectivity index (χ3n) is 4.92. The zero-order valence-corrected chi connectivity index (χ0v) is 16.2. The summed E-state index contributed by atoms with van der Waals surface area (Å²) in [4.78, 5) is 19.3. The highest BCUT2D eigenvalue weighted by Gasteiger charge is 2.23. The Balaban J connectivity index is 1.43. The molecular formula is C21H19Cl2N3O. The Labute approximate surface area is 168 Å². The lowest BCUT2D eigenvalue weighted by Crippen LogP contribution is -2.45. The standard InChI is InChI=1S/C21H19Cl2N3O/c22-16-3-1-2-15(13-16)21(27)25-18-7-10-26(11-8-18)20-19-5-4-17(23)12-14(19)6-9-24-20/h1-6,9,12-13,18H,7-8,10-11H2,(H,25,27). The third kappa shape index (κ3) is 4.02. The molecule has 0 radical (unpaired) electrons. The van der Waals surface area contributed by atoms with Crippen LogP contribution in [0.1, 0.15) is 23.2 Å². The first-order valence-electron chi connectivity index (χ1n) is 8.96. The largest absolute Gasteiger partial charge is 0.356 e. The van der Waals surface area contributed by atoms with Gasteiger partial charge < -0.3 is 10.2 Å². The SMILES string of the molecule is O=C(NC1CCN(c2nccc3cc(Cl)ccc23)CC1)c1cccc(Cl)c1. The van der Waals surface area contributed by atoms with E-state index in [-0.39, 0.29) is 11.9 Å². The Morgan fingerprint density at radius 2 is 1.81 bits per heavy atom. The number of piperidine rings is 1. The minimum Gasteiger partial charge on any atom is -0.356 e. The van der Waals surface area contributed by atoms with Crippen molar-refractivity contribution >= 4 is 45.7 Å². The third-order valence-corrected chi connectivity index (χ3v) is 5.39. The molecule has 0 aliphatic carbocycles. The van der Waals surface area contributed by atoms with Crippen molar-refractivity contribution in [1.29, 1.82) is 0 Å². The van der Waals surface area contributed by atoms with Gasteiger partial charge >= 0.3 is 0 Å². The molecule has 0 bridgehead atoms. The fourth-order valence-electron chi connectivity index (χ4n) is 3.52. The van der Waals surface area contributed by atoms with Gasteiger partial charge in [-0.2, -0.15) is 0 Å². The minimum absolute atomic E-state index is 0.0751. The Kier molecular flexibility index (Phi) is 5.19. The normalized spacial score (nSPS) is 15.1. The van der Waals surface area contributed by atoms with Crippen molar-refractivity contribution in [2.45, 2.75) is 18.9 Å². The number of pyridine rings is 1. The van der Waals surface area contributed by atoms with Crippen LogP contribution in [0, 0.1) is 0 Å². The summed E-state index contributed by atoms with van der Waals surface area (Å²) in [6.45, 7) is 1.68. The van der Waals surface area contributed by atoms with E-state index in [1.165, 1.54) is 0 Å². The van der Waals surface area contributed by atoms with Crippen LogP contribution in [0.15, 0.2) is 54.7 Å². The average Bonchev–Trinajstić information content (AvgIpc) is 2.68. The van der Waals surface area contributed by atoms with Gasteiger partial charge in [-0.1, -0.05) is 29.3 Å². The summed E-state index contributed by atoms with van der Waals surface area (Å²) in [7, 11) is 0. The van der Waals surface area contributed by atoms with Crippen LogP contribution in [0.4, 0.5) is 5.82 Å². The topological polar surface area (TPSA) is 45.2 Å². The lowest BCUT2D eigenvalue weighted by Gasteiger charge is -2.33. The molecule has 1 aromatic heterocycles. The van der Waals surface area contributed by atoms with Gasteiger partial charge in [-0.15, -0.1) is 0 Å². The quantitative estimate of drug-likeness (QED) is 0.678. The molecule has 2 heterocycles.